The number of hydrogen-bond donors (Lipinski definition) is 1. The Morgan fingerprint density at radius 3 is 2.94 bits per heavy atom. The summed E-state index contributed by atoms with van der Waals surface area (Å²) in [6.45, 7) is 8.42. The first-order chi connectivity index (χ1) is 8.72. The zero-order valence-corrected chi connectivity index (χ0v) is 11.6. The molecule has 0 amide bonds. The summed E-state index contributed by atoms with van der Waals surface area (Å²) in [6.07, 6.45) is 1.23. The molecule has 1 saturated heterocycles. The lowest BCUT2D eigenvalue weighted by atomic mass is 10.2. The van der Waals surface area contributed by atoms with Crippen LogP contribution in [0.25, 0.3) is 0 Å². The predicted molar refractivity (Wildman–Crippen MR) is 72.9 cm³/mol. The van der Waals surface area contributed by atoms with Gasteiger partial charge in [0.1, 0.15) is 5.75 Å². The standard InChI is InChI=1S/C14H23N3O/c1-4-17(13-5-6-15-9-13)10-12-8-14(18-3)7-11(2)16-12/h7-8,13,15H,4-6,9-10H2,1-3H3. The molecule has 0 aliphatic carbocycles. The summed E-state index contributed by atoms with van der Waals surface area (Å²) in [5, 5.41) is 3.42. The van der Waals surface area contributed by atoms with Gasteiger partial charge in [-0.25, -0.2) is 0 Å². The Hall–Kier alpha value is -1.13. The fourth-order valence-corrected chi connectivity index (χ4v) is 2.56. The quantitative estimate of drug-likeness (QED) is 0.860. The number of nitrogens with one attached hydrogen (secondary N) is 1. The molecule has 18 heavy (non-hydrogen) atoms. The third-order valence-corrected chi connectivity index (χ3v) is 3.54. The Bertz CT molecular complexity index is 389. The maximum Gasteiger partial charge on any atom is 0.122 e. The van der Waals surface area contributed by atoms with Gasteiger partial charge in [0.05, 0.1) is 12.8 Å². The first kappa shape index (κ1) is 13.3. The van der Waals surface area contributed by atoms with E-state index in [1.54, 1.807) is 7.11 Å². The molecule has 1 unspecified atom stereocenters. The van der Waals surface area contributed by atoms with Crippen molar-refractivity contribution in [1.29, 1.82) is 0 Å². The molecule has 0 radical (unpaired) electrons. The van der Waals surface area contributed by atoms with Gasteiger partial charge >= 0.3 is 0 Å². The molecule has 0 spiro atoms. The number of pyridine rings is 1. The van der Waals surface area contributed by atoms with E-state index in [2.05, 4.69) is 22.1 Å². The molecule has 0 aromatic carbocycles. The fraction of sp³-hybridized carbons (Fsp3) is 0.643. The number of rotatable bonds is 5. The van der Waals surface area contributed by atoms with Crippen LogP contribution in [0.4, 0.5) is 0 Å². The van der Waals surface area contributed by atoms with Gasteiger partial charge < -0.3 is 10.1 Å². The van der Waals surface area contributed by atoms with Crippen LogP contribution in [0.3, 0.4) is 0 Å². The second-order valence-electron chi connectivity index (χ2n) is 4.85. The van der Waals surface area contributed by atoms with Gasteiger partial charge in [-0.1, -0.05) is 6.92 Å². The number of ether oxygens (including phenoxy) is 1. The normalized spacial score (nSPS) is 19.4. The molecule has 1 aliphatic rings. The van der Waals surface area contributed by atoms with E-state index < -0.39 is 0 Å². The van der Waals surface area contributed by atoms with Gasteiger partial charge in [-0.15, -0.1) is 0 Å². The summed E-state index contributed by atoms with van der Waals surface area (Å²) in [5.74, 6) is 0.901. The monoisotopic (exact) mass is 249 g/mol. The number of hydrogen-bond acceptors (Lipinski definition) is 4. The van der Waals surface area contributed by atoms with E-state index in [1.807, 2.05) is 19.1 Å². The molecule has 1 fully saturated rings. The molecular weight excluding hydrogens is 226 g/mol. The summed E-state index contributed by atoms with van der Waals surface area (Å²) >= 11 is 0. The molecule has 1 atom stereocenters. The second kappa shape index (κ2) is 6.16. The minimum atomic E-state index is 0.642. The van der Waals surface area contributed by atoms with E-state index in [0.717, 1.165) is 43.3 Å². The third-order valence-electron chi connectivity index (χ3n) is 3.54. The highest BCUT2D eigenvalue weighted by atomic mass is 16.5. The molecule has 4 nitrogen and oxygen atoms in total. The van der Waals surface area contributed by atoms with Crippen LogP contribution in [0, 0.1) is 6.92 Å². The molecule has 0 bridgehead atoms. The van der Waals surface area contributed by atoms with Crippen LogP contribution in [0.1, 0.15) is 24.7 Å². The fourth-order valence-electron chi connectivity index (χ4n) is 2.56. The van der Waals surface area contributed by atoms with Gasteiger partial charge in [-0.3, -0.25) is 9.88 Å². The number of aryl methyl sites for hydroxylation is 1. The predicted octanol–water partition coefficient (Wildman–Crippen LogP) is 1.58. The Labute approximate surface area is 109 Å². The van der Waals surface area contributed by atoms with Gasteiger partial charge in [0.25, 0.3) is 0 Å². The summed E-state index contributed by atoms with van der Waals surface area (Å²) in [4.78, 5) is 7.09. The number of nitrogens with zero attached hydrogens (tertiary/aromatic N) is 2. The molecule has 100 valence electrons. The van der Waals surface area contributed by atoms with Crippen molar-refractivity contribution >= 4 is 0 Å². The maximum absolute atomic E-state index is 5.31. The minimum absolute atomic E-state index is 0.642. The summed E-state index contributed by atoms with van der Waals surface area (Å²) in [7, 11) is 1.71. The summed E-state index contributed by atoms with van der Waals surface area (Å²) in [5.41, 5.74) is 2.12. The van der Waals surface area contributed by atoms with Crippen molar-refractivity contribution in [2.24, 2.45) is 0 Å². The zero-order chi connectivity index (χ0) is 13.0. The lowest BCUT2D eigenvalue weighted by Gasteiger charge is -2.26. The maximum atomic E-state index is 5.31. The highest BCUT2D eigenvalue weighted by Gasteiger charge is 2.21. The van der Waals surface area contributed by atoms with E-state index in [1.165, 1.54) is 6.42 Å². The first-order valence-corrected chi connectivity index (χ1v) is 6.69. The molecule has 2 heterocycles. The molecule has 2 rings (SSSR count). The number of methoxy groups -OCH3 is 1. The molecule has 1 N–H and O–H groups in total. The largest absolute Gasteiger partial charge is 0.497 e. The minimum Gasteiger partial charge on any atom is -0.497 e. The van der Waals surface area contributed by atoms with Crippen LogP contribution in [0.2, 0.25) is 0 Å². The second-order valence-corrected chi connectivity index (χ2v) is 4.85. The zero-order valence-electron chi connectivity index (χ0n) is 11.6. The van der Waals surface area contributed by atoms with E-state index in [-0.39, 0.29) is 0 Å². The molecular formula is C14H23N3O. The highest BCUT2D eigenvalue weighted by Crippen LogP contribution is 2.17. The van der Waals surface area contributed by atoms with Crippen LogP contribution in [0.15, 0.2) is 12.1 Å². The summed E-state index contributed by atoms with van der Waals surface area (Å²) in [6, 6.07) is 4.65. The van der Waals surface area contributed by atoms with Crippen molar-refractivity contribution in [2.75, 3.05) is 26.7 Å². The average Bonchev–Trinajstić information content (AvgIpc) is 2.89. The van der Waals surface area contributed by atoms with Gasteiger partial charge in [0.15, 0.2) is 0 Å². The van der Waals surface area contributed by atoms with E-state index in [9.17, 15) is 0 Å². The Morgan fingerprint density at radius 1 is 1.50 bits per heavy atom. The van der Waals surface area contributed by atoms with Crippen molar-refractivity contribution in [3.05, 3.63) is 23.5 Å². The smallest absolute Gasteiger partial charge is 0.122 e. The van der Waals surface area contributed by atoms with E-state index >= 15 is 0 Å². The first-order valence-electron chi connectivity index (χ1n) is 6.69. The molecule has 1 aromatic rings. The molecule has 1 aliphatic heterocycles. The van der Waals surface area contributed by atoms with Crippen LogP contribution >= 0.6 is 0 Å². The Balaban J connectivity index is 2.08. The summed E-state index contributed by atoms with van der Waals surface area (Å²) < 4.78 is 5.31. The van der Waals surface area contributed by atoms with Crippen LogP contribution in [-0.4, -0.2) is 42.7 Å². The lowest BCUT2D eigenvalue weighted by molar-refractivity contribution is 0.207. The van der Waals surface area contributed by atoms with Gasteiger partial charge in [-0.2, -0.15) is 0 Å². The van der Waals surface area contributed by atoms with Gasteiger partial charge in [0.2, 0.25) is 0 Å². The van der Waals surface area contributed by atoms with Crippen molar-refractivity contribution in [1.82, 2.24) is 15.2 Å². The molecule has 4 heteroatoms. The van der Waals surface area contributed by atoms with Crippen LogP contribution < -0.4 is 10.1 Å². The highest BCUT2D eigenvalue weighted by molar-refractivity contribution is 5.26. The average molecular weight is 249 g/mol. The molecule has 0 saturated carbocycles. The Kier molecular flexibility index (Phi) is 4.55. The SMILES string of the molecule is CCN(Cc1cc(OC)cc(C)n1)C1CCNC1. The lowest BCUT2D eigenvalue weighted by Crippen LogP contribution is -2.36. The Morgan fingerprint density at radius 2 is 2.33 bits per heavy atom. The van der Waals surface area contributed by atoms with Crippen molar-refractivity contribution in [3.8, 4) is 5.75 Å². The van der Waals surface area contributed by atoms with Crippen LogP contribution in [0.5, 0.6) is 5.75 Å². The van der Waals surface area contributed by atoms with Crippen molar-refractivity contribution < 1.29 is 4.74 Å². The number of aromatic nitrogens is 1. The van der Waals surface area contributed by atoms with Crippen molar-refractivity contribution in [2.45, 2.75) is 32.9 Å². The van der Waals surface area contributed by atoms with Crippen LogP contribution in [-0.2, 0) is 6.54 Å². The van der Waals surface area contributed by atoms with Gasteiger partial charge in [0, 0.05) is 37.0 Å². The topological polar surface area (TPSA) is 37.4 Å². The molecule has 1 aromatic heterocycles. The van der Waals surface area contributed by atoms with Gasteiger partial charge in [-0.05, 0) is 26.4 Å². The number of likely N-dealkylation sites (N-methyl/N-ethyl adjacent to an activating group) is 1. The van der Waals surface area contributed by atoms with E-state index in [0.29, 0.717) is 6.04 Å². The third kappa shape index (κ3) is 3.21. The van der Waals surface area contributed by atoms with E-state index in [4.69, 9.17) is 4.74 Å². The van der Waals surface area contributed by atoms with Crippen molar-refractivity contribution in [3.63, 3.8) is 0 Å².